The van der Waals surface area contributed by atoms with Crippen molar-refractivity contribution < 1.29 is 9.18 Å². The van der Waals surface area contributed by atoms with Gasteiger partial charge >= 0.3 is 0 Å². The number of ketones is 1. The predicted molar refractivity (Wildman–Crippen MR) is 66.8 cm³/mol. The zero-order chi connectivity index (χ0) is 13.0. The number of Topliss-reactive ketones (excluding diaryl/α,β-unsaturated/α-hetero) is 1. The Morgan fingerprint density at radius 2 is 2.22 bits per heavy atom. The molecule has 94 valence electrons. The van der Waals surface area contributed by atoms with Gasteiger partial charge in [-0.05, 0) is 11.6 Å². The van der Waals surface area contributed by atoms with E-state index in [1.807, 2.05) is 0 Å². The minimum atomic E-state index is -0.338. The number of thioether (sulfide) groups is 1. The number of benzene rings is 1. The van der Waals surface area contributed by atoms with Crippen LogP contribution in [0.5, 0.6) is 0 Å². The molecule has 0 amide bonds. The van der Waals surface area contributed by atoms with Crippen molar-refractivity contribution in [1.82, 2.24) is 14.8 Å². The molecule has 4 nitrogen and oxygen atoms in total. The Bertz CT molecular complexity index is 556. The van der Waals surface area contributed by atoms with Crippen LogP contribution < -0.4 is 0 Å². The van der Waals surface area contributed by atoms with E-state index in [2.05, 4.69) is 10.1 Å². The van der Waals surface area contributed by atoms with Gasteiger partial charge in [0.25, 0.3) is 0 Å². The third-order valence-corrected chi connectivity index (χ3v) is 3.47. The minimum absolute atomic E-state index is 0.0342. The summed E-state index contributed by atoms with van der Waals surface area (Å²) in [6.45, 7) is 0. The summed E-state index contributed by atoms with van der Waals surface area (Å²) in [4.78, 5) is 15.7. The predicted octanol–water partition coefficient (Wildman–Crippen LogP) is 1.86. The van der Waals surface area contributed by atoms with Crippen LogP contribution in [0.3, 0.4) is 0 Å². The molecule has 0 spiro atoms. The number of hydrogen-bond donors (Lipinski definition) is 0. The number of rotatable bonds is 5. The smallest absolute Gasteiger partial charge is 0.186 e. The van der Waals surface area contributed by atoms with Crippen molar-refractivity contribution in [2.75, 3.05) is 5.75 Å². The van der Waals surface area contributed by atoms with Crippen molar-refractivity contribution in [3.63, 3.8) is 0 Å². The molecule has 1 aromatic carbocycles. The van der Waals surface area contributed by atoms with Gasteiger partial charge in [0.2, 0.25) is 0 Å². The lowest BCUT2D eigenvalue weighted by atomic mass is 10.1. The van der Waals surface area contributed by atoms with Crippen molar-refractivity contribution in [3.05, 3.63) is 42.0 Å². The average Bonchev–Trinajstić information content (AvgIpc) is 2.75. The molecule has 2 rings (SSSR count). The van der Waals surface area contributed by atoms with Crippen LogP contribution in [0, 0.1) is 5.82 Å². The third-order valence-electron chi connectivity index (χ3n) is 2.38. The fraction of sp³-hybridized carbons (Fsp3) is 0.250. The molecule has 0 atom stereocenters. The summed E-state index contributed by atoms with van der Waals surface area (Å²) < 4.78 is 14.9. The topological polar surface area (TPSA) is 47.8 Å². The first kappa shape index (κ1) is 12.8. The molecule has 6 heteroatoms. The van der Waals surface area contributed by atoms with E-state index >= 15 is 0 Å². The van der Waals surface area contributed by atoms with Gasteiger partial charge in [-0.3, -0.25) is 4.79 Å². The lowest BCUT2D eigenvalue weighted by molar-refractivity contribution is -0.116. The van der Waals surface area contributed by atoms with Gasteiger partial charge in [-0.2, -0.15) is 5.10 Å². The quantitative estimate of drug-likeness (QED) is 0.774. The zero-order valence-electron chi connectivity index (χ0n) is 9.84. The van der Waals surface area contributed by atoms with Crippen molar-refractivity contribution in [2.45, 2.75) is 11.6 Å². The van der Waals surface area contributed by atoms with Crippen molar-refractivity contribution in [3.8, 4) is 0 Å². The van der Waals surface area contributed by atoms with Gasteiger partial charge in [-0.1, -0.05) is 30.0 Å². The van der Waals surface area contributed by atoms with Gasteiger partial charge in [-0.25, -0.2) is 14.1 Å². The number of aromatic nitrogens is 3. The molecule has 0 saturated heterocycles. The first-order valence-corrected chi connectivity index (χ1v) is 6.37. The second kappa shape index (κ2) is 5.77. The van der Waals surface area contributed by atoms with Gasteiger partial charge in [0.05, 0.1) is 5.75 Å². The molecule has 0 radical (unpaired) electrons. The monoisotopic (exact) mass is 265 g/mol. The highest BCUT2D eigenvalue weighted by Crippen LogP contribution is 2.15. The summed E-state index contributed by atoms with van der Waals surface area (Å²) in [5.74, 6) is -0.108. The molecular weight excluding hydrogens is 253 g/mol. The Kier molecular flexibility index (Phi) is 4.09. The lowest BCUT2D eigenvalue weighted by Crippen LogP contribution is -2.08. The van der Waals surface area contributed by atoms with E-state index in [1.165, 1.54) is 24.2 Å². The number of hydrogen-bond acceptors (Lipinski definition) is 4. The van der Waals surface area contributed by atoms with Crippen LogP contribution in [0.1, 0.15) is 5.56 Å². The number of aryl methyl sites for hydroxylation is 1. The average molecular weight is 265 g/mol. The maximum atomic E-state index is 13.3. The first-order valence-electron chi connectivity index (χ1n) is 5.38. The summed E-state index contributed by atoms with van der Waals surface area (Å²) in [6, 6.07) is 6.32. The van der Waals surface area contributed by atoms with Crippen LogP contribution in [-0.4, -0.2) is 26.3 Å². The van der Waals surface area contributed by atoms with E-state index in [-0.39, 0.29) is 23.8 Å². The maximum Gasteiger partial charge on any atom is 0.186 e. The van der Waals surface area contributed by atoms with Crippen LogP contribution in [0.15, 0.2) is 35.7 Å². The van der Waals surface area contributed by atoms with Gasteiger partial charge in [0.1, 0.15) is 17.9 Å². The molecule has 1 heterocycles. The molecule has 0 fully saturated rings. The number of carbonyl (C=O) groups is 1. The number of halogens is 1. The van der Waals surface area contributed by atoms with Crippen molar-refractivity contribution in [2.24, 2.45) is 7.05 Å². The van der Waals surface area contributed by atoms with E-state index in [0.717, 1.165) is 0 Å². The summed E-state index contributed by atoms with van der Waals surface area (Å²) in [6.07, 6.45) is 1.54. The molecule has 0 N–H and O–H groups in total. The molecule has 0 aliphatic carbocycles. The Morgan fingerprint density at radius 1 is 1.44 bits per heavy atom. The van der Waals surface area contributed by atoms with Crippen LogP contribution in [0.25, 0.3) is 0 Å². The van der Waals surface area contributed by atoms with Crippen molar-refractivity contribution >= 4 is 17.5 Å². The fourth-order valence-corrected chi connectivity index (χ4v) is 2.21. The molecule has 0 aliphatic rings. The zero-order valence-corrected chi connectivity index (χ0v) is 10.7. The first-order chi connectivity index (χ1) is 8.66. The van der Waals surface area contributed by atoms with Gasteiger partial charge < -0.3 is 0 Å². The minimum Gasteiger partial charge on any atom is -0.298 e. The Balaban J connectivity index is 1.90. The van der Waals surface area contributed by atoms with E-state index in [9.17, 15) is 9.18 Å². The molecule has 0 saturated carbocycles. The molecule has 0 unspecified atom stereocenters. The maximum absolute atomic E-state index is 13.3. The largest absolute Gasteiger partial charge is 0.298 e. The van der Waals surface area contributed by atoms with E-state index in [4.69, 9.17) is 0 Å². The molecular formula is C12H12FN3OS. The fourth-order valence-electron chi connectivity index (χ4n) is 1.47. The van der Waals surface area contributed by atoms with E-state index in [1.54, 1.807) is 29.9 Å². The summed E-state index contributed by atoms with van der Waals surface area (Å²) >= 11 is 1.30. The van der Waals surface area contributed by atoms with Gasteiger partial charge in [0, 0.05) is 13.5 Å². The highest BCUT2D eigenvalue weighted by atomic mass is 32.2. The third kappa shape index (κ3) is 3.16. The molecule has 0 aliphatic heterocycles. The molecule has 18 heavy (non-hydrogen) atoms. The molecule has 2 aromatic rings. The van der Waals surface area contributed by atoms with Crippen LogP contribution in [0.4, 0.5) is 4.39 Å². The highest BCUT2D eigenvalue weighted by molar-refractivity contribution is 7.99. The van der Waals surface area contributed by atoms with Crippen LogP contribution in [-0.2, 0) is 18.3 Å². The standard InChI is InChI=1S/C12H12FN3OS/c1-16-12(14-8-15-16)18-7-10(17)6-9-4-2-3-5-11(9)13/h2-5,8H,6-7H2,1H3. The number of carbonyl (C=O) groups excluding carboxylic acids is 1. The highest BCUT2D eigenvalue weighted by Gasteiger charge is 2.10. The Hall–Kier alpha value is -1.69. The SMILES string of the molecule is Cn1ncnc1SCC(=O)Cc1ccccc1F. The van der Waals surface area contributed by atoms with Crippen molar-refractivity contribution in [1.29, 1.82) is 0 Å². The summed E-state index contributed by atoms with van der Waals surface area (Å²) in [7, 11) is 1.76. The summed E-state index contributed by atoms with van der Waals surface area (Å²) in [5, 5.41) is 4.58. The number of nitrogens with zero attached hydrogens (tertiary/aromatic N) is 3. The van der Waals surface area contributed by atoms with Crippen LogP contribution >= 0.6 is 11.8 Å². The second-order valence-corrected chi connectivity index (χ2v) is 4.70. The van der Waals surface area contributed by atoms with E-state index in [0.29, 0.717) is 10.7 Å². The molecule has 1 aromatic heterocycles. The van der Waals surface area contributed by atoms with Crippen LogP contribution in [0.2, 0.25) is 0 Å². The summed E-state index contributed by atoms with van der Waals surface area (Å²) in [5.41, 5.74) is 0.432. The van der Waals surface area contributed by atoms with Gasteiger partial charge in [0.15, 0.2) is 5.16 Å². The Labute approximate surface area is 108 Å². The second-order valence-electron chi connectivity index (χ2n) is 3.76. The normalized spacial score (nSPS) is 10.6. The Morgan fingerprint density at radius 3 is 2.89 bits per heavy atom. The van der Waals surface area contributed by atoms with E-state index < -0.39 is 0 Å². The lowest BCUT2D eigenvalue weighted by Gasteiger charge is -2.02. The van der Waals surface area contributed by atoms with Gasteiger partial charge in [-0.15, -0.1) is 0 Å². The molecule has 0 bridgehead atoms.